The molecule has 0 radical (unpaired) electrons. The average molecular weight is 429 g/mol. The minimum absolute atomic E-state index is 0.0259. The number of β-amino-alcohol motifs (C(OH)–C–C–N with tert-alkyl or cyclic N) is 2. The lowest BCUT2D eigenvalue weighted by Gasteiger charge is -2.17. The lowest BCUT2D eigenvalue weighted by Crippen LogP contribution is -2.41. The van der Waals surface area contributed by atoms with E-state index in [1.54, 1.807) is 12.2 Å². The van der Waals surface area contributed by atoms with Gasteiger partial charge >= 0.3 is 5.97 Å². The van der Waals surface area contributed by atoms with Crippen LogP contribution in [0.2, 0.25) is 0 Å². The van der Waals surface area contributed by atoms with Gasteiger partial charge in [0.25, 0.3) is 5.91 Å². The number of nitrogens with zero attached hydrogens (tertiary/aromatic N) is 4. The molecule has 3 N–H and O–H groups in total. The van der Waals surface area contributed by atoms with E-state index in [0.717, 1.165) is 0 Å². The summed E-state index contributed by atoms with van der Waals surface area (Å²) < 4.78 is 0. The molecule has 2 atom stereocenters. The quantitative estimate of drug-likeness (QED) is 0.320. The van der Waals surface area contributed by atoms with E-state index in [1.165, 1.54) is 9.80 Å². The summed E-state index contributed by atoms with van der Waals surface area (Å²) in [7, 11) is 0. The number of aliphatic hydroxyl groups is 2. The maximum absolute atomic E-state index is 11.8. The number of aliphatic imine (C=N–C) groups is 2. The fraction of sp³-hybridized carbons (Fsp3) is 0.500. The molecule has 11 heteroatoms. The summed E-state index contributed by atoms with van der Waals surface area (Å²) in [5.74, 6) is -0.739. The van der Waals surface area contributed by atoms with Crippen LogP contribution >= 0.6 is 11.6 Å². The first kappa shape index (κ1) is 24.5. The lowest BCUT2D eigenvalue weighted by molar-refractivity contribution is -0.139. The first-order valence-electron chi connectivity index (χ1n) is 8.84. The highest BCUT2D eigenvalue weighted by atomic mass is 35.5. The molecule has 2 heterocycles. The Bertz CT molecular complexity index is 708. The van der Waals surface area contributed by atoms with Crippen molar-refractivity contribution >= 4 is 41.1 Å². The van der Waals surface area contributed by atoms with Crippen molar-refractivity contribution in [3.8, 4) is 0 Å². The molecular weight excluding hydrogens is 404 g/mol. The second-order valence-electron chi connectivity index (χ2n) is 5.93. The van der Waals surface area contributed by atoms with E-state index in [4.69, 9.17) is 26.9 Å². The molecule has 2 unspecified atom stereocenters. The van der Waals surface area contributed by atoms with E-state index in [0.29, 0.717) is 31.1 Å². The Morgan fingerprint density at radius 2 is 1.69 bits per heavy atom. The molecule has 0 fully saturated rings. The second-order valence-corrected chi connectivity index (χ2v) is 6.40. The smallest absolute Gasteiger partial charge is 0.324 e. The van der Waals surface area contributed by atoms with Crippen molar-refractivity contribution < 1.29 is 29.7 Å². The number of amides is 2. The van der Waals surface area contributed by atoms with Crippen molar-refractivity contribution in [2.24, 2.45) is 9.98 Å². The van der Waals surface area contributed by atoms with Crippen LogP contribution in [0.25, 0.3) is 0 Å². The van der Waals surface area contributed by atoms with Gasteiger partial charge in [0.15, 0.2) is 11.4 Å². The number of alkyl halides is 1. The topological polar surface area (TPSA) is 143 Å². The van der Waals surface area contributed by atoms with Crippen LogP contribution in [0.4, 0.5) is 0 Å². The van der Waals surface area contributed by atoms with E-state index in [-0.39, 0.29) is 32.2 Å². The fourth-order valence-corrected chi connectivity index (χ4v) is 2.82. The molecule has 2 rings (SSSR count). The molecule has 0 aliphatic carbocycles. The van der Waals surface area contributed by atoms with Gasteiger partial charge in [0, 0.05) is 12.8 Å². The molecule has 29 heavy (non-hydrogen) atoms. The van der Waals surface area contributed by atoms with Gasteiger partial charge < -0.3 is 15.3 Å². The fourth-order valence-electron chi connectivity index (χ4n) is 2.66. The van der Waals surface area contributed by atoms with Crippen LogP contribution in [-0.4, -0.2) is 98.8 Å². The number of carboxylic acid groups (broad SMARTS) is 1. The lowest BCUT2D eigenvalue weighted by atomic mass is 10.2. The van der Waals surface area contributed by atoms with E-state index >= 15 is 0 Å². The third-order valence-electron chi connectivity index (χ3n) is 3.94. The summed E-state index contributed by atoms with van der Waals surface area (Å²) >= 11 is 5.61. The Balaban J connectivity index is 0.000000308. The van der Waals surface area contributed by atoms with Crippen LogP contribution in [0.1, 0.15) is 12.8 Å². The molecule has 2 aliphatic rings. The van der Waals surface area contributed by atoms with Gasteiger partial charge in [-0.1, -0.05) is 12.2 Å². The van der Waals surface area contributed by atoms with Gasteiger partial charge in [-0.15, -0.1) is 24.8 Å². The van der Waals surface area contributed by atoms with Crippen molar-refractivity contribution in [3.63, 3.8) is 0 Å². The number of carbonyl (C=O) groups is 3. The van der Waals surface area contributed by atoms with E-state index < -0.39 is 23.3 Å². The van der Waals surface area contributed by atoms with Gasteiger partial charge in [-0.2, -0.15) is 0 Å². The zero-order valence-corrected chi connectivity index (χ0v) is 16.7. The number of amidine groups is 2. The zero-order valence-electron chi connectivity index (χ0n) is 15.9. The minimum atomic E-state index is -1.40. The molecule has 0 saturated heterocycles. The van der Waals surface area contributed by atoms with Crippen molar-refractivity contribution in [1.29, 1.82) is 0 Å². The van der Waals surface area contributed by atoms with E-state index in [9.17, 15) is 14.4 Å². The first-order valence-corrected chi connectivity index (χ1v) is 9.28. The maximum Gasteiger partial charge on any atom is 0.324 e. The molecule has 0 spiro atoms. The Morgan fingerprint density at radius 3 is 2.21 bits per heavy atom. The minimum Gasteiger partial charge on any atom is -0.480 e. The number of carboxylic acids is 1. The molecular formula is C18H25ClN4O6. The van der Waals surface area contributed by atoms with Gasteiger partial charge in [-0.3, -0.25) is 34.2 Å². The molecule has 0 aromatic heterocycles. The molecule has 0 aromatic carbocycles. The van der Waals surface area contributed by atoms with Gasteiger partial charge in [0.05, 0.1) is 26.3 Å². The number of hydrogen-bond acceptors (Lipinski definition) is 7. The van der Waals surface area contributed by atoms with Crippen LogP contribution in [0.5, 0.6) is 0 Å². The molecule has 10 nitrogen and oxygen atoms in total. The number of carbonyl (C=O) groups excluding carboxylic acids is 2. The number of halogens is 1. The predicted octanol–water partition coefficient (Wildman–Crippen LogP) is -0.348. The molecule has 0 saturated carbocycles. The third kappa shape index (κ3) is 6.48. The van der Waals surface area contributed by atoms with Crippen molar-refractivity contribution in [2.45, 2.75) is 24.3 Å². The van der Waals surface area contributed by atoms with Crippen molar-refractivity contribution in [2.75, 3.05) is 32.8 Å². The van der Waals surface area contributed by atoms with Crippen molar-refractivity contribution in [3.05, 3.63) is 25.3 Å². The van der Waals surface area contributed by atoms with Crippen LogP contribution < -0.4 is 0 Å². The van der Waals surface area contributed by atoms with Crippen LogP contribution in [0, 0.1) is 0 Å². The number of aliphatic carboxylic acids is 1. The summed E-state index contributed by atoms with van der Waals surface area (Å²) in [4.78, 5) is 44.4. The Hall–Kier alpha value is -2.56. The number of hydrogen-bond donors (Lipinski definition) is 3. The first-order chi connectivity index (χ1) is 13.8. The largest absolute Gasteiger partial charge is 0.480 e. The maximum atomic E-state index is 11.8. The van der Waals surface area contributed by atoms with Gasteiger partial charge in [0.1, 0.15) is 18.2 Å². The number of aliphatic hydroxyl groups excluding tert-OH is 2. The molecule has 2 aliphatic heterocycles. The van der Waals surface area contributed by atoms with Gasteiger partial charge in [-0.25, -0.2) is 0 Å². The van der Waals surface area contributed by atoms with Gasteiger partial charge in [-0.05, 0) is 0 Å². The third-order valence-corrected chi connectivity index (χ3v) is 4.37. The Morgan fingerprint density at radius 1 is 1.14 bits per heavy atom. The molecule has 2 amide bonds. The molecule has 160 valence electrons. The summed E-state index contributed by atoms with van der Waals surface area (Å²) in [6.07, 6.45) is 4.15. The van der Waals surface area contributed by atoms with Gasteiger partial charge in [0.2, 0.25) is 5.91 Å². The standard InChI is InChI=1S/C10H13ClN2O4.C8H12N2O2/c1-2-3-6-12-8(7(11)10(16)17)9(15)13(6)4-5-14;1-2-3-7-9-6-8(12)10(7)4-5-11/h2,7-8,14H,1,3-5H2,(H,16,17);2,11H,1,3-6H2. The summed E-state index contributed by atoms with van der Waals surface area (Å²) in [6, 6.07) is -1.13. The van der Waals surface area contributed by atoms with E-state index in [2.05, 4.69) is 23.1 Å². The Kier molecular flexibility index (Phi) is 10.2. The van der Waals surface area contributed by atoms with E-state index in [1.807, 2.05) is 0 Å². The summed E-state index contributed by atoms with van der Waals surface area (Å²) in [5, 5.41) is 24.9. The van der Waals surface area contributed by atoms with Crippen LogP contribution in [0.3, 0.4) is 0 Å². The monoisotopic (exact) mass is 428 g/mol. The van der Waals surface area contributed by atoms with Crippen LogP contribution in [0.15, 0.2) is 35.3 Å². The zero-order chi connectivity index (χ0) is 22.0. The highest BCUT2D eigenvalue weighted by Crippen LogP contribution is 2.20. The highest BCUT2D eigenvalue weighted by molar-refractivity contribution is 6.32. The summed E-state index contributed by atoms with van der Waals surface area (Å²) in [6.45, 7) is 7.45. The molecule has 0 bridgehead atoms. The predicted molar refractivity (Wildman–Crippen MR) is 108 cm³/mol. The highest BCUT2D eigenvalue weighted by Gasteiger charge is 2.41. The number of rotatable bonds is 10. The average Bonchev–Trinajstić information content (AvgIpc) is 3.18. The Labute approximate surface area is 173 Å². The van der Waals surface area contributed by atoms with Crippen LogP contribution in [-0.2, 0) is 14.4 Å². The summed E-state index contributed by atoms with van der Waals surface area (Å²) in [5.41, 5.74) is 0. The van der Waals surface area contributed by atoms with Crippen molar-refractivity contribution in [1.82, 2.24) is 9.80 Å². The normalized spacial score (nSPS) is 19.3. The SMILES string of the molecule is C=CCC1=NC(C(Cl)C(=O)O)C(=O)N1CCO.C=CCC1=NCC(=O)N1CCO. The second kappa shape index (κ2) is 12.1. The molecule has 0 aromatic rings.